The van der Waals surface area contributed by atoms with Gasteiger partial charge in [0.2, 0.25) is 5.82 Å². The van der Waals surface area contributed by atoms with Crippen LogP contribution in [0.1, 0.15) is 19.4 Å². The van der Waals surface area contributed by atoms with E-state index < -0.39 is 5.82 Å². The molecule has 1 heterocycles. The van der Waals surface area contributed by atoms with Gasteiger partial charge in [-0.25, -0.2) is 0 Å². The topological polar surface area (TPSA) is 17.2 Å². The zero-order chi connectivity index (χ0) is 9.56. The van der Waals surface area contributed by atoms with Gasteiger partial charge in [0, 0.05) is 0 Å². The maximum absolute atomic E-state index is 12.6. The average molecular weight is 167 g/mol. The normalized spacial score (nSPS) is 7.92. The van der Waals surface area contributed by atoms with Crippen molar-refractivity contribution < 1.29 is 4.39 Å². The minimum atomic E-state index is -0.484. The largest absolute Gasteiger partial charge is 0.460 e. The van der Waals surface area contributed by atoms with Gasteiger partial charge in [-0.1, -0.05) is 13.8 Å². The minimum Gasteiger partial charge on any atom is -0.196 e. The van der Waals surface area contributed by atoms with Crippen LogP contribution in [-0.2, 0) is 0 Å². The second kappa shape index (κ2) is 5.25. The van der Waals surface area contributed by atoms with Crippen molar-refractivity contribution in [2.24, 2.45) is 0 Å². The van der Waals surface area contributed by atoms with Gasteiger partial charge in [-0.05, 0) is 23.5 Å². The fourth-order valence-electron chi connectivity index (χ4n) is 0.621. The smallest absolute Gasteiger partial charge is 0.196 e. The van der Waals surface area contributed by atoms with Crippen molar-refractivity contribution >= 4 is 5.82 Å². The minimum absolute atomic E-state index is 0.0504. The Morgan fingerprint density at radius 3 is 2.50 bits per heavy atom. The molecular formula is C9H12FN2+. The van der Waals surface area contributed by atoms with E-state index in [1.54, 1.807) is 6.92 Å². The zero-order valence-electron chi connectivity index (χ0n) is 7.50. The molecule has 0 atom stereocenters. The molecule has 1 aromatic heterocycles. The summed E-state index contributed by atoms with van der Waals surface area (Å²) in [7, 11) is 0. The second-order valence-electron chi connectivity index (χ2n) is 1.95. The lowest BCUT2D eigenvalue weighted by Gasteiger charge is -1.83. The molecule has 2 nitrogen and oxygen atoms in total. The van der Waals surface area contributed by atoms with Gasteiger partial charge in [-0.2, -0.15) is 9.24 Å². The van der Waals surface area contributed by atoms with Gasteiger partial charge in [0.05, 0.1) is 0 Å². The molecule has 0 N–H and O–H groups in total. The molecule has 0 saturated heterocycles. The van der Waals surface area contributed by atoms with Crippen LogP contribution < -0.4 is 0 Å². The average Bonchev–Trinajstić information content (AvgIpc) is 2.08. The van der Waals surface area contributed by atoms with Crippen LogP contribution in [0, 0.1) is 19.3 Å². The number of hydrogen-bond donors (Lipinski definition) is 0. The van der Waals surface area contributed by atoms with E-state index >= 15 is 0 Å². The van der Waals surface area contributed by atoms with E-state index in [1.807, 2.05) is 13.8 Å². The van der Waals surface area contributed by atoms with Crippen LogP contribution in [0.25, 0.3) is 4.85 Å². The zero-order valence-corrected chi connectivity index (χ0v) is 7.50. The summed E-state index contributed by atoms with van der Waals surface area (Å²) in [5.74, 6) is -0.534. The van der Waals surface area contributed by atoms with Crippen molar-refractivity contribution in [1.82, 2.24) is 4.98 Å². The molecule has 0 aliphatic carbocycles. The Hall–Kier alpha value is -1.43. The number of rotatable bonds is 0. The highest BCUT2D eigenvalue weighted by Crippen LogP contribution is 2.13. The number of hydrogen-bond acceptors (Lipinski definition) is 1. The Balaban J connectivity index is 0.000000561. The molecule has 0 unspecified atom stereocenters. The van der Waals surface area contributed by atoms with Crippen molar-refractivity contribution in [2.45, 2.75) is 20.8 Å². The van der Waals surface area contributed by atoms with Crippen LogP contribution in [0.3, 0.4) is 0 Å². The van der Waals surface area contributed by atoms with Gasteiger partial charge < -0.3 is 0 Å². The summed E-state index contributed by atoms with van der Waals surface area (Å²) in [4.78, 5) is 6.75. The monoisotopic (exact) mass is 167 g/mol. The molecular weight excluding hydrogens is 155 g/mol. The Morgan fingerprint density at radius 1 is 1.50 bits per heavy atom. The van der Waals surface area contributed by atoms with E-state index in [-0.39, 0.29) is 5.82 Å². The standard InChI is InChI=1S/C7H6FN2.C2H6/c1-5-3-6(8)7(9-2)10-4-5;1-2/h2-4H,1H3;1-2H3/q+1;. The Kier molecular flexibility index (Phi) is 4.62. The second-order valence-corrected chi connectivity index (χ2v) is 1.95. The third-order valence-electron chi connectivity index (χ3n) is 1.08. The molecule has 0 spiro atoms. The molecule has 0 radical (unpaired) electrons. The lowest BCUT2D eigenvalue weighted by atomic mass is 10.3. The van der Waals surface area contributed by atoms with Crippen molar-refractivity contribution in [2.75, 3.05) is 0 Å². The van der Waals surface area contributed by atoms with Crippen molar-refractivity contribution in [3.63, 3.8) is 0 Å². The van der Waals surface area contributed by atoms with Gasteiger partial charge in [-0.15, -0.1) is 0 Å². The summed E-state index contributed by atoms with van der Waals surface area (Å²) < 4.78 is 12.6. The fraction of sp³-hybridized carbons (Fsp3) is 0.333. The van der Waals surface area contributed by atoms with E-state index in [1.165, 1.54) is 12.3 Å². The molecule has 1 aromatic rings. The van der Waals surface area contributed by atoms with E-state index in [2.05, 4.69) is 9.83 Å². The first kappa shape index (κ1) is 10.6. The quantitative estimate of drug-likeness (QED) is 0.580. The molecule has 0 aromatic carbocycles. The first-order valence-electron chi connectivity index (χ1n) is 3.77. The van der Waals surface area contributed by atoms with Crippen LogP contribution in [-0.4, -0.2) is 4.98 Å². The SMILES string of the molecule is C#[N+]c1ncc(C)cc1F.CC. The third kappa shape index (κ3) is 2.67. The van der Waals surface area contributed by atoms with Crippen LogP contribution in [0.2, 0.25) is 0 Å². The summed E-state index contributed by atoms with van der Waals surface area (Å²) in [6.07, 6.45) is 1.51. The molecule has 0 amide bonds. The number of nitrogens with zero attached hydrogens (tertiary/aromatic N) is 2. The number of halogens is 1. The summed E-state index contributed by atoms with van der Waals surface area (Å²) in [6.45, 7) is 10.6. The maximum Gasteiger partial charge on any atom is 0.460 e. The van der Waals surface area contributed by atoms with Crippen molar-refractivity contribution in [3.05, 3.63) is 28.5 Å². The van der Waals surface area contributed by atoms with E-state index in [4.69, 9.17) is 6.57 Å². The number of aryl methyl sites for hydroxylation is 1. The molecule has 0 fully saturated rings. The van der Waals surface area contributed by atoms with Crippen LogP contribution in [0.15, 0.2) is 12.3 Å². The highest BCUT2D eigenvalue weighted by molar-refractivity contribution is 5.38. The van der Waals surface area contributed by atoms with Gasteiger partial charge in [0.15, 0.2) is 0 Å². The molecule has 12 heavy (non-hydrogen) atoms. The van der Waals surface area contributed by atoms with Crippen LogP contribution >= 0.6 is 0 Å². The van der Waals surface area contributed by atoms with E-state index in [9.17, 15) is 4.39 Å². The molecule has 0 saturated carbocycles. The number of pyridine rings is 1. The molecule has 1 rings (SSSR count). The first-order chi connectivity index (χ1) is 5.74. The molecule has 0 bridgehead atoms. The predicted octanol–water partition coefficient (Wildman–Crippen LogP) is 3.15. The van der Waals surface area contributed by atoms with Crippen LogP contribution in [0.4, 0.5) is 10.2 Å². The van der Waals surface area contributed by atoms with Gasteiger partial charge in [0.1, 0.15) is 12.8 Å². The first-order valence-corrected chi connectivity index (χ1v) is 3.77. The fourth-order valence-corrected chi connectivity index (χ4v) is 0.621. The Labute approximate surface area is 71.9 Å². The van der Waals surface area contributed by atoms with Gasteiger partial charge in [0.25, 0.3) is 0 Å². The third-order valence-corrected chi connectivity index (χ3v) is 1.08. The lowest BCUT2D eigenvalue weighted by molar-refractivity contribution is 0.627. The van der Waals surface area contributed by atoms with Crippen molar-refractivity contribution in [1.29, 1.82) is 0 Å². The summed E-state index contributed by atoms with van der Waals surface area (Å²) >= 11 is 0. The highest BCUT2D eigenvalue weighted by Gasteiger charge is 2.10. The van der Waals surface area contributed by atoms with Crippen molar-refractivity contribution in [3.8, 4) is 6.57 Å². The lowest BCUT2D eigenvalue weighted by Crippen LogP contribution is -1.81. The molecule has 0 aliphatic heterocycles. The molecule has 0 aliphatic rings. The van der Waals surface area contributed by atoms with E-state index in [0.717, 1.165) is 5.56 Å². The number of aromatic nitrogens is 1. The molecule has 3 heteroatoms. The summed E-state index contributed by atoms with van der Waals surface area (Å²) in [5, 5.41) is 0. The Morgan fingerprint density at radius 2 is 2.08 bits per heavy atom. The molecule has 64 valence electrons. The summed E-state index contributed by atoms with van der Waals surface area (Å²) in [6, 6.07) is 1.33. The Bertz CT molecular complexity index is 289. The highest BCUT2D eigenvalue weighted by atomic mass is 19.1. The van der Waals surface area contributed by atoms with Gasteiger partial charge in [-0.3, -0.25) is 0 Å². The predicted molar refractivity (Wildman–Crippen MR) is 48.2 cm³/mol. The van der Waals surface area contributed by atoms with Crippen LogP contribution in [0.5, 0.6) is 0 Å². The van der Waals surface area contributed by atoms with E-state index in [0.29, 0.717) is 0 Å². The maximum atomic E-state index is 12.6. The van der Waals surface area contributed by atoms with Gasteiger partial charge >= 0.3 is 5.82 Å². The summed E-state index contributed by atoms with van der Waals surface area (Å²) in [5.41, 5.74) is 0.755.